The maximum atomic E-state index is 8.78. The predicted molar refractivity (Wildman–Crippen MR) is 60.5 cm³/mol. The third-order valence-corrected chi connectivity index (χ3v) is 2.85. The highest BCUT2D eigenvalue weighted by atomic mass is 35.5. The van der Waals surface area contributed by atoms with Crippen molar-refractivity contribution >= 4 is 11.6 Å². The van der Waals surface area contributed by atoms with E-state index in [1.807, 2.05) is 6.07 Å². The minimum atomic E-state index is 0.217. The number of nitrogens with zero attached hydrogens (tertiary/aromatic N) is 2. The van der Waals surface area contributed by atoms with Crippen LogP contribution in [0.4, 0.5) is 0 Å². The average Bonchev–Trinajstić information content (AvgIpc) is 2.81. The predicted octanol–water partition coefficient (Wildman–Crippen LogP) is 1.74. The molecule has 0 amide bonds. The molecule has 0 radical (unpaired) electrons. The Balaban J connectivity index is 1.96. The summed E-state index contributed by atoms with van der Waals surface area (Å²) in [5.74, 6) is 0.592. The zero-order chi connectivity index (χ0) is 11.4. The summed E-state index contributed by atoms with van der Waals surface area (Å²) in [4.78, 5) is 3.89. The van der Waals surface area contributed by atoms with Crippen LogP contribution in [0.15, 0.2) is 12.3 Å². The highest BCUT2D eigenvalue weighted by molar-refractivity contribution is 6.30. The molecule has 1 aliphatic rings. The van der Waals surface area contributed by atoms with Crippen molar-refractivity contribution in [2.75, 3.05) is 13.2 Å². The lowest BCUT2D eigenvalue weighted by Gasteiger charge is -2.11. The molecule has 0 aromatic carbocycles. The normalized spacial score (nSPS) is 19.4. The Labute approximate surface area is 99.2 Å². The molecule has 1 atom stereocenters. The summed E-state index contributed by atoms with van der Waals surface area (Å²) >= 11 is 5.72. The van der Waals surface area contributed by atoms with Gasteiger partial charge in [-0.25, -0.2) is 4.98 Å². The Hall–Kier alpha value is -1.31. The Kier molecular flexibility index (Phi) is 3.60. The number of pyridine rings is 1. The summed E-state index contributed by atoms with van der Waals surface area (Å²) in [5.41, 5.74) is 0.346. The lowest BCUT2D eigenvalue weighted by Crippen LogP contribution is -2.28. The van der Waals surface area contributed by atoms with Crippen LogP contribution in [0.2, 0.25) is 5.15 Å². The molecule has 0 spiro atoms. The van der Waals surface area contributed by atoms with Crippen molar-refractivity contribution in [1.82, 2.24) is 10.3 Å². The first-order valence-corrected chi connectivity index (χ1v) is 5.59. The molecule has 0 aliphatic carbocycles. The number of hydrogen-bond acceptors (Lipinski definition) is 4. The lowest BCUT2D eigenvalue weighted by molar-refractivity contribution is 0.276. The van der Waals surface area contributed by atoms with Crippen LogP contribution < -0.4 is 10.1 Å². The molecular weight excluding hydrogens is 226 g/mol. The summed E-state index contributed by atoms with van der Waals surface area (Å²) in [6.45, 7) is 1.66. The van der Waals surface area contributed by atoms with E-state index in [-0.39, 0.29) is 5.15 Å². The molecule has 2 rings (SSSR count). The minimum absolute atomic E-state index is 0.217. The first-order valence-electron chi connectivity index (χ1n) is 5.21. The van der Waals surface area contributed by atoms with E-state index in [0.717, 1.165) is 13.0 Å². The summed E-state index contributed by atoms with van der Waals surface area (Å²) in [6, 6.07) is 3.99. The largest absolute Gasteiger partial charge is 0.490 e. The average molecular weight is 238 g/mol. The van der Waals surface area contributed by atoms with Gasteiger partial charge in [0.25, 0.3) is 0 Å². The molecule has 4 nitrogen and oxygen atoms in total. The number of nitrogens with one attached hydrogen (secondary N) is 1. The number of ether oxygens (including phenoxy) is 1. The Morgan fingerprint density at radius 1 is 1.69 bits per heavy atom. The van der Waals surface area contributed by atoms with Crippen molar-refractivity contribution in [1.29, 1.82) is 5.26 Å². The molecule has 1 saturated heterocycles. The molecule has 1 aromatic rings. The third-order valence-electron chi connectivity index (χ3n) is 2.55. The SMILES string of the molecule is N#Cc1cc(OC[C@H]2CCCN2)cnc1Cl. The maximum absolute atomic E-state index is 8.78. The highest BCUT2D eigenvalue weighted by Gasteiger charge is 2.14. The van der Waals surface area contributed by atoms with Crippen molar-refractivity contribution in [3.63, 3.8) is 0 Å². The van der Waals surface area contributed by atoms with Gasteiger partial charge in [-0.05, 0) is 19.4 Å². The first-order chi connectivity index (χ1) is 7.79. The fourth-order valence-corrected chi connectivity index (χ4v) is 1.83. The van der Waals surface area contributed by atoms with Crippen molar-refractivity contribution < 1.29 is 4.74 Å². The van der Waals surface area contributed by atoms with E-state index in [1.165, 1.54) is 12.6 Å². The molecule has 2 heterocycles. The standard InChI is InChI=1S/C11H12ClN3O/c12-11-8(5-13)4-10(6-15-11)16-7-9-2-1-3-14-9/h4,6,9,14H,1-3,7H2/t9-/m1/s1. The van der Waals surface area contributed by atoms with Gasteiger partial charge in [-0.3, -0.25) is 0 Å². The highest BCUT2D eigenvalue weighted by Crippen LogP contribution is 2.18. The van der Waals surface area contributed by atoms with Crippen molar-refractivity contribution in [3.8, 4) is 11.8 Å². The number of nitriles is 1. The van der Waals surface area contributed by atoms with Crippen molar-refractivity contribution in [2.45, 2.75) is 18.9 Å². The monoisotopic (exact) mass is 237 g/mol. The molecule has 0 bridgehead atoms. The molecule has 1 aromatic heterocycles. The molecule has 1 aliphatic heterocycles. The van der Waals surface area contributed by atoms with Crippen LogP contribution in [0.5, 0.6) is 5.75 Å². The zero-order valence-electron chi connectivity index (χ0n) is 8.74. The van der Waals surface area contributed by atoms with Gasteiger partial charge < -0.3 is 10.1 Å². The quantitative estimate of drug-likeness (QED) is 0.814. The van der Waals surface area contributed by atoms with Gasteiger partial charge in [-0.15, -0.1) is 0 Å². The summed E-state index contributed by atoms with van der Waals surface area (Å²) in [5, 5.41) is 12.3. The number of rotatable bonds is 3. The third kappa shape index (κ3) is 2.63. The molecule has 16 heavy (non-hydrogen) atoms. The molecule has 0 unspecified atom stereocenters. The molecule has 5 heteroatoms. The van der Waals surface area contributed by atoms with E-state index in [2.05, 4.69) is 10.3 Å². The molecule has 0 saturated carbocycles. The van der Waals surface area contributed by atoms with E-state index in [0.29, 0.717) is 24.0 Å². The maximum Gasteiger partial charge on any atom is 0.147 e. The molecule has 1 N–H and O–H groups in total. The summed E-state index contributed by atoms with van der Waals surface area (Å²) in [7, 11) is 0. The van der Waals surface area contributed by atoms with Crippen LogP contribution in [-0.2, 0) is 0 Å². The second-order valence-electron chi connectivity index (χ2n) is 3.73. The van der Waals surface area contributed by atoms with Gasteiger partial charge in [0.1, 0.15) is 23.6 Å². The van der Waals surface area contributed by atoms with Crippen LogP contribution in [0.1, 0.15) is 18.4 Å². The lowest BCUT2D eigenvalue weighted by atomic mass is 10.2. The van der Waals surface area contributed by atoms with Crippen molar-refractivity contribution in [2.24, 2.45) is 0 Å². The number of aromatic nitrogens is 1. The van der Waals surface area contributed by atoms with Crippen LogP contribution in [0.25, 0.3) is 0 Å². The zero-order valence-corrected chi connectivity index (χ0v) is 9.50. The van der Waals surface area contributed by atoms with Gasteiger partial charge in [0.05, 0.1) is 11.8 Å². The van der Waals surface area contributed by atoms with Gasteiger partial charge in [-0.1, -0.05) is 11.6 Å². The Bertz CT molecular complexity index is 410. The second-order valence-corrected chi connectivity index (χ2v) is 4.08. The smallest absolute Gasteiger partial charge is 0.147 e. The summed E-state index contributed by atoms with van der Waals surface area (Å²) < 4.78 is 5.55. The molecule has 1 fully saturated rings. The number of hydrogen-bond donors (Lipinski definition) is 1. The van der Waals surface area contributed by atoms with Gasteiger partial charge in [0.15, 0.2) is 0 Å². The van der Waals surface area contributed by atoms with E-state index < -0.39 is 0 Å². The summed E-state index contributed by atoms with van der Waals surface area (Å²) in [6.07, 6.45) is 3.86. The van der Waals surface area contributed by atoms with E-state index in [1.54, 1.807) is 6.07 Å². The topological polar surface area (TPSA) is 57.9 Å². The Morgan fingerprint density at radius 3 is 3.25 bits per heavy atom. The van der Waals surface area contributed by atoms with E-state index in [4.69, 9.17) is 21.6 Å². The minimum Gasteiger partial charge on any atom is -0.490 e. The number of halogens is 1. The van der Waals surface area contributed by atoms with Crippen molar-refractivity contribution in [3.05, 3.63) is 23.0 Å². The van der Waals surface area contributed by atoms with E-state index >= 15 is 0 Å². The molecular formula is C11H12ClN3O. The van der Waals surface area contributed by atoms with E-state index in [9.17, 15) is 0 Å². The van der Waals surface area contributed by atoms with Crippen LogP contribution in [-0.4, -0.2) is 24.2 Å². The fraction of sp³-hybridized carbons (Fsp3) is 0.455. The fourth-order valence-electron chi connectivity index (χ4n) is 1.68. The Morgan fingerprint density at radius 2 is 2.56 bits per heavy atom. The molecule has 84 valence electrons. The van der Waals surface area contributed by atoms with Gasteiger partial charge in [-0.2, -0.15) is 5.26 Å². The second kappa shape index (κ2) is 5.15. The van der Waals surface area contributed by atoms with Gasteiger partial charge in [0, 0.05) is 12.1 Å². The van der Waals surface area contributed by atoms with Crippen LogP contribution >= 0.6 is 11.6 Å². The van der Waals surface area contributed by atoms with Crippen LogP contribution in [0, 0.1) is 11.3 Å². The van der Waals surface area contributed by atoms with Gasteiger partial charge in [0.2, 0.25) is 0 Å². The van der Waals surface area contributed by atoms with Crippen LogP contribution in [0.3, 0.4) is 0 Å². The first kappa shape index (κ1) is 11.2. The van der Waals surface area contributed by atoms with Gasteiger partial charge >= 0.3 is 0 Å².